The van der Waals surface area contributed by atoms with Gasteiger partial charge in [-0.1, -0.05) is 31.2 Å². The fourth-order valence-electron chi connectivity index (χ4n) is 7.10. The monoisotopic (exact) mass is 574 g/mol. The molecule has 3 aliphatic rings. The molecule has 3 heterocycles. The van der Waals surface area contributed by atoms with Gasteiger partial charge in [-0.15, -0.1) is 0 Å². The molecule has 8 nitrogen and oxygen atoms in total. The number of nitrogens with zero attached hydrogens (tertiary/aromatic N) is 2. The summed E-state index contributed by atoms with van der Waals surface area (Å²) in [5.74, 6) is 0.356. The first-order valence-electron chi connectivity index (χ1n) is 14.5. The molecule has 2 N–H and O–H groups in total. The number of likely N-dealkylation sites (tertiary alicyclic amines) is 1. The SMILES string of the molecule is CO[C@H]1c2cc(N3C(=O)c4cccc5cccc3c45)ccc2O[C@@H](C(CC(=O)N2CCC[C@H]2CO)[Si](C)(C)O)[C@@H]1C. The molecule has 0 saturated carbocycles. The van der Waals surface area contributed by atoms with Gasteiger partial charge in [0.1, 0.15) is 11.9 Å². The van der Waals surface area contributed by atoms with Crippen molar-refractivity contribution in [3.8, 4) is 5.75 Å². The second kappa shape index (κ2) is 10.5. The van der Waals surface area contributed by atoms with Crippen molar-refractivity contribution < 1.29 is 29.0 Å². The maximum atomic E-state index is 13.6. The van der Waals surface area contributed by atoms with Crippen molar-refractivity contribution >= 4 is 42.3 Å². The molecule has 9 heteroatoms. The van der Waals surface area contributed by atoms with Crippen LogP contribution >= 0.6 is 0 Å². The summed E-state index contributed by atoms with van der Waals surface area (Å²) in [6.45, 7) is 6.33. The average Bonchev–Trinajstić information content (AvgIpc) is 3.55. The number of aliphatic hydroxyl groups is 1. The first-order valence-corrected chi connectivity index (χ1v) is 17.5. The number of fused-ring (bicyclic) bond motifs is 1. The Bertz CT molecular complexity index is 1500. The fourth-order valence-corrected chi connectivity index (χ4v) is 8.95. The predicted molar refractivity (Wildman–Crippen MR) is 160 cm³/mol. The van der Waals surface area contributed by atoms with E-state index in [1.165, 1.54) is 0 Å². The average molecular weight is 575 g/mol. The van der Waals surface area contributed by atoms with Crippen molar-refractivity contribution in [2.45, 2.75) is 63.1 Å². The summed E-state index contributed by atoms with van der Waals surface area (Å²) >= 11 is 0. The maximum absolute atomic E-state index is 13.6. The molecule has 0 spiro atoms. The van der Waals surface area contributed by atoms with E-state index in [0.717, 1.165) is 40.6 Å². The Labute approximate surface area is 241 Å². The Hall–Kier alpha value is -3.24. The third-order valence-electron chi connectivity index (χ3n) is 9.23. The van der Waals surface area contributed by atoms with E-state index in [1.54, 1.807) is 16.9 Å². The number of benzene rings is 3. The van der Waals surface area contributed by atoms with E-state index in [1.807, 2.05) is 74.6 Å². The Morgan fingerprint density at radius 1 is 1.17 bits per heavy atom. The van der Waals surface area contributed by atoms with Gasteiger partial charge in [0.05, 0.1) is 30.0 Å². The molecule has 3 aromatic rings. The normalized spacial score (nSPS) is 24.5. The van der Waals surface area contributed by atoms with E-state index in [2.05, 4.69) is 0 Å². The second-order valence-corrected chi connectivity index (χ2v) is 16.2. The lowest BCUT2D eigenvalue weighted by Crippen LogP contribution is -2.50. The van der Waals surface area contributed by atoms with Crippen molar-refractivity contribution in [3.63, 3.8) is 0 Å². The van der Waals surface area contributed by atoms with Crippen LogP contribution in [0, 0.1) is 5.92 Å². The first kappa shape index (κ1) is 27.9. The van der Waals surface area contributed by atoms with Crippen LogP contribution < -0.4 is 9.64 Å². The zero-order valence-corrected chi connectivity index (χ0v) is 25.0. The number of ether oxygens (including phenoxy) is 2. The Morgan fingerprint density at radius 3 is 2.63 bits per heavy atom. The second-order valence-electron chi connectivity index (χ2n) is 12.2. The molecule has 6 rings (SSSR count). The molecule has 2 amide bonds. The number of hydrogen-bond donors (Lipinski definition) is 2. The van der Waals surface area contributed by atoms with Crippen LogP contribution in [0.25, 0.3) is 10.8 Å². The molecule has 1 saturated heterocycles. The van der Waals surface area contributed by atoms with Crippen LogP contribution in [-0.4, -0.2) is 67.3 Å². The molecule has 41 heavy (non-hydrogen) atoms. The largest absolute Gasteiger partial charge is 0.490 e. The molecular weight excluding hydrogens is 536 g/mol. The maximum Gasteiger partial charge on any atom is 0.263 e. The quantitative estimate of drug-likeness (QED) is 0.379. The van der Waals surface area contributed by atoms with Crippen molar-refractivity contribution in [2.75, 3.05) is 25.2 Å². The number of carbonyl (C=O) groups is 2. The minimum absolute atomic E-state index is 0.0478. The number of rotatable bonds is 7. The highest BCUT2D eigenvalue weighted by Crippen LogP contribution is 2.49. The molecule has 5 atom stereocenters. The summed E-state index contributed by atoms with van der Waals surface area (Å²) in [5, 5.41) is 11.7. The van der Waals surface area contributed by atoms with Crippen molar-refractivity contribution in [1.29, 1.82) is 0 Å². The molecule has 1 unspecified atom stereocenters. The van der Waals surface area contributed by atoms with Crippen molar-refractivity contribution in [1.82, 2.24) is 4.90 Å². The molecule has 3 aliphatic heterocycles. The van der Waals surface area contributed by atoms with E-state index in [9.17, 15) is 19.5 Å². The molecule has 0 radical (unpaired) electrons. The van der Waals surface area contributed by atoms with Gasteiger partial charge in [-0.3, -0.25) is 14.5 Å². The van der Waals surface area contributed by atoms with Gasteiger partial charge >= 0.3 is 0 Å². The van der Waals surface area contributed by atoms with Gasteiger partial charge in [-0.2, -0.15) is 0 Å². The van der Waals surface area contributed by atoms with Gasteiger partial charge in [-0.05, 0) is 61.7 Å². The van der Waals surface area contributed by atoms with Gasteiger partial charge in [0.2, 0.25) is 5.91 Å². The Kier molecular flexibility index (Phi) is 7.18. The summed E-state index contributed by atoms with van der Waals surface area (Å²) in [5.41, 5.74) is 2.75. The first-order chi connectivity index (χ1) is 19.6. The number of carbonyl (C=O) groups excluding carboxylic acids is 2. The van der Waals surface area contributed by atoms with Gasteiger partial charge in [0.15, 0.2) is 8.32 Å². The van der Waals surface area contributed by atoms with E-state index in [4.69, 9.17) is 9.47 Å². The summed E-state index contributed by atoms with van der Waals surface area (Å²) in [4.78, 5) is 41.9. The van der Waals surface area contributed by atoms with Gasteiger partial charge in [0, 0.05) is 48.2 Å². The van der Waals surface area contributed by atoms with Crippen LogP contribution in [0.3, 0.4) is 0 Å². The van der Waals surface area contributed by atoms with Crippen LogP contribution in [0.2, 0.25) is 18.6 Å². The summed E-state index contributed by atoms with van der Waals surface area (Å²) in [6, 6.07) is 17.3. The third kappa shape index (κ3) is 4.65. The predicted octanol–water partition coefficient (Wildman–Crippen LogP) is 5.16. The molecule has 1 fully saturated rings. The minimum atomic E-state index is -2.87. The highest BCUT2D eigenvalue weighted by atomic mass is 28.4. The van der Waals surface area contributed by atoms with Crippen LogP contribution in [0.4, 0.5) is 11.4 Å². The molecule has 216 valence electrons. The van der Waals surface area contributed by atoms with Crippen LogP contribution in [-0.2, 0) is 9.53 Å². The van der Waals surface area contributed by atoms with Gasteiger partial charge in [0.25, 0.3) is 5.91 Å². The van der Waals surface area contributed by atoms with Crippen LogP contribution in [0.15, 0.2) is 54.6 Å². The number of amides is 2. The lowest BCUT2D eigenvalue weighted by Gasteiger charge is -2.44. The smallest absolute Gasteiger partial charge is 0.263 e. The highest BCUT2D eigenvalue weighted by Gasteiger charge is 2.48. The summed E-state index contributed by atoms with van der Waals surface area (Å²) < 4.78 is 12.7. The summed E-state index contributed by atoms with van der Waals surface area (Å²) in [7, 11) is -1.21. The number of aliphatic hydroxyl groups excluding tert-OH is 1. The van der Waals surface area contributed by atoms with E-state index in [-0.39, 0.29) is 48.4 Å². The fraction of sp³-hybridized carbons (Fsp3) is 0.438. The Morgan fingerprint density at radius 2 is 1.93 bits per heavy atom. The third-order valence-corrected chi connectivity index (χ3v) is 11.6. The molecule has 0 aliphatic carbocycles. The van der Waals surface area contributed by atoms with Crippen LogP contribution in [0.1, 0.15) is 48.2 Å². The van der Waals surface area contributed by atoms with E-state index < -0.39 is 14.4 Å². The van der Waals surface area contributed by atoms with Crippen molar-refractivity contribution in [3.05, 3.63) is 65.7 Å². The van der Waals surface area contributed by atoms with Crippen molar-refractivity contribution in [2.24, 2.45) is 5.92 Å². The Balaban J connectivity index is 1.33. The zero-order chi connectivity index (χ0) is 29.1. The lowest BCUT2D eigenvalue weighted by atomic mass is 9.86. The molecule has 0 bridgehead atoms. The number of anilines is 2. The number of hydrogen-bond acceptors (Lipinski definition) is 6. The highest BCUT2D eigenvalue weighted by molar-refractivity contribution is 6.71. The standard InChI is InChI=1S/C32H38N2O6Si/c1-19-30(39-2)24-16-21(34-25-12-6-9-20-8-5-11-23(29(20)25)32(34)37)13-14-26(24)40-31(19)27(41(3,4)38)17-28(36)33-15-7-10-22(33)18-35/h5-6,8-9,11-14,16,19,22,27,30-31,35,38H,7,10,15,17-18H2,1-4H3/t19-,22+,27?,30-,31-/m1/s1. The molecular formula is C32H38N2O6Si. The summed E-state index contributed by atoms with van der Waals surface area (Å²) in [6.07, 6.45) is 1.04. The topological polar surface area (TPSA) is 99.5 Å². The lowest BCUT2D eigenvalue weighted by molar-refractivity contribution is -0.133. The zero-order valence-electron chi connectivity index (χ0n) is 24.0. The van der Waals surface area contributed by atoms with Gasteiger partial charge in [-0.25, -0.2) is 0 Å². The van der Waals surface area contributed by atoms with E-state index >= 15 is 0 Å². The molecule has 0 aromatic heterocycles. The minimum Gasteiger partial charge on any atom is -0.490 e. The van der Waals surface area contributed by atoms with E-state index in [0.29, 0.717) is 17.9 Å². The molecule has 3 aromatic carbocycles. The van der Waals surface area contributed by atoms with Crippen LogP contribution in [0.5, 0.6) is 5.75 Å². The van der Waals surface area contributed by atoms with Gasteiger partial charge < -0.3 is 24.3 Å². The number of methoxy groups -OCH3 is 1.